The highest BCUT2D eigenvalue weighted by atomic mass is 32.1. The van der Waals surface area contributed by atoms with Gasteiger partial charge in [0.05, 0.1) is 0 Å². The molecule has 2 unspecified atom stereocenters. The smallest absolute Gasteiger partial charge is 0.0346 e. The fourth-order valence-electron chi connectivity index (χ4n) is 3.14. The minimum Gasteiger partial charge on any atom is -0.312 e. The van der Waals surface area contributed by atoms with E-state index in [-0.39, 0.29) is 0 Å². The van der Waals surface area contributed by atoms with Crippen LogP contribution in [0.4, 0.5) is 0 Å². The molecular weight excluding hydrogens is 262 g/mol. The highest BCUT2D eigenvalue weighted by molar-refractivity contribution is 7.15. The Kier molecular flexibility index (Phi) is 4.54. The minimum absolute atomic E-state index is 0.901. The third-order valence-electron chi connectivity index (χ3n) is 4.26. The molecule has 1 nitrogen and oxygen atoms in total. The molecule has 1 aromatic carbocycles. The number of thiophene rings is 1. The highest BCUT2D eigenvalue weighted by Gasteiger charge is 2.20. The molecule has 0 radical (unpaired) electrons. The van der Waals surface area contributed by atoms with E-state index >= 15 is 0 Å². The molecule has 2 atom stereocenters. The van der Waals surface area contributed by atoms with Crippen LogP contribution in [0.3, 0.4) is 0 Å². The Labute approximate surface area is 126 Å². The summed E-state index contributed by atoms with van der Waals surface area (Å²) in [4.78, 5) is 2.81. The summed E-state index contributed by atoms with van der Waals surface area (Å²) in [5.74, 6) is 1.84. The first-order chi connectivity index (χ1) is 9.81. The lowest BCUT2D eigenvalue weighted by molar-refractivity contribution is 0.472. The van der Waals surface area contributed by atoms with Crippen molar-refractivity contribution in [1.82, 2.24) is 5.32 Å². The van der Waals surface area contributed by atoms with Crippen molar-refractivity contribution in [2.75, 3.05) is 6.54 Å². The molecule has 1 N–H and O–H groups in total. The standard InChI is InChI=1S/C18H23NS/c1-14-7-8-15(11-14)12-19-13-17-9-10-18(20-17)16-5-3-2-4-6-16/h2-6,9-10,14-15,19H,7-8,11-13H2,1H3. The number of hydrogen-bond donors (Lipinski definition) is 1. The van der Waals surface area contributed by atoms with E-state index in [1.54, 1.807) is 0 Å². The van der Waals surface area contributed by atoms with Crippen molar-refractivity contribution in [1.29, 1.82) is 0 Å². The van der Waals surface area contributed by atoms with Gasteiger partial charge in [-0.3, -0.25) is 0 Å². The van der Waals surface area contributed by atoms with Crippen LogP contribution < -0.4 is 5.32 Å². The second kappa shape index (κ2) is 6.55. The van der Waals surface area contributed by atoms with Gasteiger partial charge in [-0.05, 0) is 48.9 Å². The largest absolute Gasteiger partial charge is 0.312 e. The maximum atomic E-state index is 3.64. The molecule has 1 saturated carbocycles. The normalized spacial score (nSPS) is 22.2. The lowest BCUT2D eigenvalue weighted by Gasteiger charge is -2.10. The molecule has 20 heavy (non-hydrogen) atoms. The molecule has 0 saturated heterocycles. The van der Waals surface area contributed by atoms with E-state index in [4.69, 9.17) is 0 Å². The number of rotatable bonds is 5. The van der Waals surface area contributed by atoms with E-state index in [0.29, 0.717) is 0 Å². The van der Waals surface area contributed by atoms with Crippen molar-refractivity contribution >= 4 is 11.3 Å². The van der Waals surface area contributed by atoms with Crippen LogP contribution in [0.1, 0.15) is 31.1 Å². The van der Waals surface area contributed by atoms with Crippen LogP contribution in [-0.2, 0) is 6.54 Å². The first kappa shape index (κ1) is 13.8. The molecule has 1 heterocycles. The van der Waals surface area contributed by atoms with Crippen molar-refractivity contribution in [2.45, 2.75) is 32.7 Å². The van der Waals surface area contributed by atoms with Gasteiger partial charge in [0.2, 0.25) is 0 Å². The number of nitrogens with one attached hydrogen (secondary N) is 1. The Morgan fingerprint density at radius 2 is 1.95 bits per heavy atom. The third kappa shape index (κ3) is 3.50. The SMILES string of the molecule is CC1CCC(CNCc2ccc(-c3ccccc3)s2)C1. The molecule has 0 aliphatic heterocycles. The van der Waals surface area contributed by atoms with Crippen molar-refractivity contribution < 1.29 is 0 Å². The fourth-order valence-corrected chi connectivity index (χ4v) is 4.12. The molecule has 0 bridgehead atoms. The Hall–Kier alpha value is -1.12. The molecular formula is C18H23NS. The van der Waals surface area contributed by atoms with Gasteiger partial charge >= 0.3 is 0 Å². The van der Waals surface area contributed by atoms with Crippen molar-refractivity contribution in [3.63, 3.8) is 0 Å². The molecule has 1 aliphatic rings. The van der Waals surface area contributed by atoms with Gasteiger partial charge in [-0.15, -0.1) is 11.3 Å². The van der Waals surface area contributed by atoms with E-state index in [0.717, 1.165) is 18.4 Å². The summed E-state index contributed by atoms with van der Waals surface area (Å²) in [6.07, 6.45) is 4.24. The van der Waals surface area contributed by atoms with E-state index in [1.807, 2.05) is 11.3 Å². The van der Waals surface area contributed by atoms with Crippen LogP contribution in [-0.4, -0.2) is 6.54 Å². The van der Waals surface area contributed by atoms with Crippen LogP contribution in [0.25, 0.3) is 10.4 Å². The summed E-state index contributed by atoms with van der Waals surface area (Å²) in [6, 6.07) is 15.2. The number of hydrogen-bond acceptors (Lipinski definition) is 2. The molecule has 1 aromatic heterocycles. The molecule has 2 heteroatoms. The van der Waals surface area contributed by atoms with Gasteiger partial charge < -0.3 is 5.32 Å². The summed E-state index contributed by atoms with van der Waals surface area (Å²) >= 11 is 1.91. The zero-order valence-electron chi connectivity index (χ0n) is 12.1. The van der Waals surface area contributed by atoms with Gasteiger partial charge in [-0.25, -0.2) is 0 Å². The van der Waals surface area contributed by atoms with E-state index < -0.39 is 0 Å². The lowest BCUT2D eigenvalue weighted by atomic mass is 10.1. The topological polar surface area (TPSA) is 12.0 Å². The van der Waals surface area contributed by atoms with Crippen LogP contribution in [0.5, 0.6) is 0 Å². The van der Waals surface area contributed by atoms with Gasteiger partial charge in [0.15, 0.2) is 0 Å². The quantitative estimate of drug-likeness (QED) is 0.820. The highest BCUT2D eigenvalue weighted by Crippen LogP contribution is 2.30. The Morgan fingerprint density at radius 3 is 2.70 bits per heavy atom. The molecule has 0 spiro atoms. The average molecular weight is 285 g/mol. The average Bonchev–Trinajstić information content (AvgIpc) is 3.09. The first-order valence-corrected chi connectivity index (χ1v) is 8.48. The monoisotopic (exact) mass is 285 g/mol. The fraction of sp³-hybridized carbons (Fsp3) is 0.444. The van der Waals surface area contributed by atoms with Gasteiger partial charge in [0, 0.05) is 16.3 Å². The summed E-state index contributed by atoms with van der Waals surface area (Å²) in [6.45, 7) is 4.58. The summed E-state index contributed by atoms with van der Waals surface area (Å²) < 4.78 is 0. The molecule has 3 rings (SSSR count). The van der Waals surface area contributed by atoms with Crippen LogP contribution in [0.2, 0.25) is 0 Å². The van der Waals surface area contributed by atoms with Gasteiger partial charge in [-0.1, -0.05) is 43.7 Å². The van der Waals surface area contributed by atoms with E-state index in [1.165, 1.54) is 41.1 Å². The summed E-state index contributed by atoms with van der Waals surface area (Å²) in [5, 5.41) is 3.64. The predicted octanol–water partition coefficient (Wildman–Crippen LogP) is 4.94. The Morgan fingerprint density at radius 1 is 1.10 bits per heavy atom. The van der Waals surface area contributed by atoms with Crippen LogP contribution >= 0.6 is 11.3 Å². The maximum Gasteiger partial charge on any atom is 0.0346 e. The van der Waals surface area contributed by atoms with Crippen molar-refractivity contribution in [3.8, 4) is 10.4 Å². The van der Waals surface area contributed by atoms with Gasteiger partial charge in [0.1, 0.15) is 0 Å². The molecule has 0 amide bonds. The van der Waals surface area contributed by atoms with Crippen LogP contribution in [0, 0.1) is 11.8 Å². The van der Waals surface area contributed by atoms with Crippen molar-refractivity contribution in [2.24, 2.45) is 11.8 Å². The Bertz CT molecular complexity index is 531. The maximum absolute atomic E-state index is 3.64. The molecule has 106 valence electrons. The van der Waals surface area contributed by atoms with E-state index in [9.17, 15) is 0 Å². The Balaban J connectivity index is 1.50. The summed E-state index contributed by atoms with van der Waals surface area (Å²) in [5.41, 5.74) is 1.33. The van der Waals surface area contributed by atoms with Crippen LogP contribution in [0.15, 0.2) is 42.5 Å². The van der Waals surface area contributed by atoms with E-state index in [2.05, 4.69) is 54.7 Å². The zero-order valence-corrected chi connectivity index (χ0v) is 13.0. The second-order valence-electron chi connectivity index (χ2n) is 6.05. The predicted molar refractivity (Wildman–Crippen MR) is 88.0 cm³/mol. The molecule has 1 fully saturated rings. The van der Waals surface area contributed by atoms with Gasteiger partial charge in [-0.2, -0.15) is 0 Å². The minimum atomic E-state index is 0.901. The lowest BCUT2D eigenvalue weighted by Crippen LogP contribution is -2.20. The number of benzene rings is 1. The zero-order chi connectivity index (χ0) is 13.8. The first-order valence-electron chi connectivity index (χ1n) is 7.66. The third-order valence-corrected chi connectivity index (χ3v) is 5.39. The summed E-state index contributed by atoms with van der Waals surface area (Å²) in [7, 11) is 0. The molecule has 1 aliphatic carbocycles. The van der Waals surface area contributed by atoms with Crippen molar-refractivity contribution in [3.05, 3.63) is 47.3 Å². The second-order valence-corrected chi connectivity index (χ2v) is 7.22. The van der Waals surface area contributed by atoms with Gasteiger partial charge in [0.25, 0.3) is 0 Å². The molecule has 2 aromatic rings.